The quantitative estimate of drug-likeness (QED) is 0.340. The number of aromatic amines is 1. The van der Waals surface area contributed by atoms with Gasteiger partial charge in [-0.25, -0.2) is 0 Å². The van der Waals surface area contributed by atoms with Crippen molar-refractivity contribution in [3.05, 3.63) is 73.4 Å². The Labute approximate surface area is 166 Å². The van der Waals surface area contributed by atoms with Crippen LogP contribution in [0, 0.1) is 4.77 Å². The van der Waals surface area contributed by atoms with Gasteiger partial charge in [-0.1, -0.05) is 34.1 Å². The lowest BCUT2D eigenvalue weighted by Crippen LogP contribution is -1.99. The summed E-state index contributed by atoms with van der Waals surface area (Å²) in [6.45, 7) is 0. The standard InChI is InChI=1S/C18H13BrN4OS2/c19-12-4-5-14-11(8-12)3-6-16(24)15(14)10-20-23-17(21-22-18(23)25)9-13-2-1-7-26-13/h1-8,10,24H,9H2,(H,22,25)/b20-10-. The first-order valence-corrected chi connectivity index (χ1v) is 9.84. The number of phenols is 1. The molecule has 26 heavy (non-hydrogen) atoms. The minimum absolute atomic E-state index is 0.165. The fraction of sp³-hybridized carbons (Fsp3) is 0.0556. The van der Waals surface area contributed by atoms with Crippen LogP contribution in [-0.2, 0) is 6.42 Å². The van der Waals surface area contributed by atoms with E-state index in [2.05, 4.69) is 31.2 Å². The Morgan fingerprint density at radius 3 is 3.00 bits per heavy atom. The molecule has 0 amide bonds. The van der Waals surface area contributed by atoms with Crippen molar-refractivity contribution in [1.82, 2.24) is 14.9 Å². The Balaban J connectivity index is 1.76. The van der Waals surface area contributed by atoms with Gasteiger partial charge in [0.25, 0.3) is 0 Å². The number of fused-ring (bicyclic) bond motifs is 1. The van der Waals surface area contributed by atoms with E-state index in [4.69, 9.17) is 12.2 Å². The van der Waals surface area contributed by atoms with Gasteiger partial charge in [0.15, 0.2) is 5.82 Å². The van der Waals surface area contributed by atoms with Gasteiger partial charge in [-0.3, -0.25) is 5.10 Å². The molecule has 0 unspecified atom stereocenters. The zero-order valence-corrected chi connectivity index (χ0v) is 16.6. The lowest BCUT2D eigenvalue weighted by molar-refractivity contribution is 0.475. The monoisotopic (exact) mass is 444 g/mol. The van der Waals surface area contributed by atoms with Crippen LogP contribution in [0.25, 0.3) is 10.8 Å². The number of hydrogen-bond acceptors (Lipinski definition) is 5. The van der Waals surface area contributed by atoms with Crippen LogP contribution in [0.1, 0.15) is 16.3 Å². The molecular weight excluding hydrogens is 432 g/mol. The van der Waals surface area contributed by atoms with E-state index in [0.717, 1.165) is 21.1 Å². The predicted molar refractivity (Wildman–Crippen MR) is 111 cm³/mol. The molecule has 0 bridgehead atoms. The Morgan fingerprint density at radius 1 is 1.31 bits per heavy atom. The minimum atomic E-state index is 0.165. The first kappa shape index (κ1) is 17.1. The highest BCUT2D eigenvalue weighted by Gasteiger charge is 2.09. The molecule has 0 radical (unpaired) electrons. The first-order chi connectivity index (χ1) is 12.6. The normalized spacial score (nSPS) is 11.6. The van der Waals surface area contributed by atoms with E-state index in [-0.39, 0.29) is 5.75 Å². The van der Waals surface area contributed by atoms with Crippen molar-refractivity contribution in [3.63, 3.8) is 0 Å². The lowest BCUT2D eigenvalue weighted by Gasteiger charge is -2.06. The van der Waals surface area contributed by atoms with Crippen molar-refractivity contribution in [3.8, 4) is 5.75 Å². The Kier molecular flexibility index (Phi) is 4.71. The highest BCUT2D eigenvalue weighted by molar-refractivity contribution is 9.10. The smallest absolute Gasteiger partial charge is 0.216 e. The van der Waals surface area contributed by atoms with Crippen LogP contribution in [0.4, 0.5) is 0 Å². The van der Waals surface area contributed by atoms with E-state index < -0.39 is 0 Å². The molecule has 4 aromatic rings. The van der Waals surface area contributed by atoms with Crippen molar-refractivity contribution in [1.29, 1.82) is 0 Å². The Bertz CT molecular complexity index is 1160. The van der Waals surface area contributed by atoms with Crippen LogP contribution in [0.15, 0.2) is 57.4 Å². The molecule has 2 aromatic carbocycles. The fourth-order valence-corrected chi connectivity index (χ4v) is 3.97. The summed E-state index contributed by atoms with van der Waals surface area (Å²) in [5.74, 6) is 0.884. The highest BCUT2D eigenvalue weighted by atomic mass is 79.9. The molecule has 8 heteroatoms. The predicted octanol–water partition coefficient (Wildman–Crippen LogP) is 5.10. The number of halogens is 1. The van der Waals surface area contributed by atoms with Gasteiger partial charge in [0.2, 0.25) is 4.77 Å². The minimum Gasteiger partial charge on any atom is -0.507 e. The molecule has 4 rings (SSSR count). The van der Waals surface area contributed by atoms with Gasteiger partial charge in [-0.15, -0.1) is 11.3 Å². The van der Waals surface area contributed by atoms with E-state index in [1.165, 1.54) is 4.88 Å². The second kappa shape index (κ2) is 7.14. The number of hydrogen-bond donors (Lipinski definition) is 2. The van der Waals surface area contributed by atoms with Crippen LogP contribution in [0.2, 0.25) is 0 Å². The summed E-state index contributed by atoms with van der Waals surface area (Å²) in [4.78, 5) is 1.17. The number of H-pyrrole nitrogens is 1. The second-order valence-electron chi connectivity index (χ2n) is 5.62. The number of nitrogens with one attached hydrogen (secondary N) is 1. The third-order valence-electron chi connectivity index (χ3n) is 3.93. The molecule has 0 saturated heterocycles. The molecule has 2 aromatic heterocycles. The first-order valence-electron chi connectivity index (χ1n) is 7.76. The third kappa shape index (κ3) is 3.35. The zero-order valence-electron chi connectivity index (χ0n) is 13.4. The van der Waals surface area contributed by atoms with Crippen molar-refractivity contribution in [2.45, 2.75) is 6.42 Å². The average molecular weight is 445 g/mol. The van der Waals surface area contributed by atoms with Crippen LogP contribution in [0.5, 0.6) is 5.75 Å². The molecule has 130 valence electrons. The SMILES string of the molecule is Oc1ccc2cc(Br)ccc2c1/C=N\n1c(Cc2cccs2)n[nH]c1=S. The largest absolute Gasteiger partial charge is 0.507 e. The maximum atomic E-state index is 10.3. The molecule has 0 aliphatic heterocycles. The van der Waals surface area contributed by atoms with Gasteiger partial charge in [0, 0.05) is 21.3 Å². The lowest BCUT2D eigenvalue weighted by atomic mass is 10.0. The summed E-state index contributed by atoms with van der Waals surface area (Å²) in [6.07, 6.45) is 2.26. The Morgan fingerprint density at radius 2 is 2.19 bits per heavy atom. The molecular formula is C18H13BrN4OS2. The number of aromatic hydroxyl groups is 1. The molecule has 0 fully saturated rings. The van der Waals surface area contributed by atoms with Crippen molar-refractivity contribution in [2.24, 2.45) is 5.10 Å². The average Bonchev–Trinajstić information content (AvgIpc) is 3.25. The van der Waals surface area contributed by atoms with Crippen LogP contribution >= 0.6 is 39.5 Å². The zero-order chi connectivity index (χ0) is 18.1. The molecule has 2 N–H and O–H groups in total. The van der Waals surface area contributed by atoms with Crippen molar-refractivity contribution >= 4 is 56.5 Å². The van der Waals surface area contributed by atoms with Gasteiger partial charge >= 0.3 is 0 Å². The fourth-order valence-electron chi connectivity index (χ4n) is 2.69. The number of benzene rings is 2. The van der Waals surface area contributed by atoms with Crippen LogP contribution in [0.3, 0.4) is 0 Å². The van der Waals surface area contributed by atoms with E-state index >= 15 is 0 Å². The summed E-state index contributed by atoms with van der Waals surface area (Å²) >= 11 is 10.4. The summed E-state index contributed by atoms with van der Waals surface area (Å²) < 4.78 is 2.98. The summed E-state index contributed by atoms with van der Waals surface area (Å²) in [6, 6.07) is 13.5. The number of phenolic OH excluding ortho intramolecular Hbond substituents is 1. The summed E-state index contributed by atoms with van der Waals surface area (Å²) in [5, 5.41) is 25.8. The molecule has 0 saturated carbocycles. The van der Waals surface area contributed by atoms with Crippen molar-refractivity contribution in [2.75, 3.05) is 0 Å². The number of aromatic nitrogens is 3. The topological polar surface area (TPSA) is 66.2 Å². The van der Waals surface area contributed by atoms with E-state index in [1.807, 2.05) is 41.8 Å². The summed E-state index contributed by atoms with van der Waals surface area (Å²) in [5.41, 5.74) is 0.639. The maximum absolute atomic E-state index is 10.3. The van der Waals surface area contributed by atoms with Gasteiger partial charge in [0.1, 0.15) is 5.75 Å². The summed E-state index contributed by atoms with van der Waals surface area (Å²) in [7, 11) is 0. The number of thiophene rings is 1. The van der Waals surface area contributed by atoms with Crippen LogP contribution < -0.4 is 0 Å². The molecule has 2 heterocycles. The Hall–Kier alpha value is -2.29. The van der Waals surface area contributed by atoms with Gasteiger partial charge < -0.3 is 5.11 Å². The van der Waals surface area contributed by atoms with E-state index in [9.17, 15) is 5.11 Å². The molecule has 0 atom stereocenters. The number of rotatable bonds is 4. The van der Waals surface area contributed by atoms with Crippen LogP contribution in [-0.4, -0.2) is 26.2 Å². The molecule has 0 spiro atoms. The van der Waals surface area contributed by atoms with Gasteiger partial charge in [-0.2, -0.15) is 14.9 Å². The molecule has 0 aliphatic rings. The van der Waals surface area contributed by atoms with E-state index in [1.54, 1.807) is 28.3 Å². The third-order valence-corrected chi connectivity index (χ3v) is 5.57. The second-order valence-corrected chi connectivity index (χ2v) is 7.96. The van der Waals surface area contributed by atoms with Gasteiger partial charge in [0.05, 0.1) is 6.21 Å². The molecule has 0 aliphatic carbocycles. The molecule has 5 nitrogen and oxygen atoms in total. The van der Waals surface area contributed by atoms with E-state index in [0.29, 0.717) is 16.8 Å². The number of nitrogens with zero attached hydrogens (tertiary/aromatic N) is 3. The maximum Gasteiger partial charge on any atom is 0.216 e. The highest BCUT2D eigenvalue weighted by Crippen LogP contribution is 2.28. The van der Waals surface area contributed by atoms with Crippen molar-refractivity contribution < 1.29 is 5.11 Å². The van der Waals surface area contributed by atoms with Gasteiger partial charge in [-0.05, 0) is 52.6 Å².